The number of esters is 1. The van der Waals surface area contributed by atoms with Gasteiger partial charge in [0.15, 0.2) is 0 Å². The summed E-state index contributed by atoms with van der Waals surface area (Å²) in [6, 6.07) is 11.5. The Balaban J connectivity index is 0.000000224. The van der Waals surface area contributed by atoms with Crippen LogP contribution in [0, 0.1) is 0 Å². The van der Waals surface area contributed by atoms with E-state index in [0.29, 0.717) is 15.1 Å². The Kier molecular flexibility index (Phi) is 7.38. The summed E-state index contributed by atoms with van der Waals surface area (Å²) in [7, 11) is 1.32. The molecule has 0 aliphatic carbocycles. The highest BCUT2D eigenvalue weighted by atomic mass is 79.9. The van der Waals surface area contributed by atoms with E-state index in [-0.39, 0.29) is 10.6 Å². The van der Waals surface area contributed by atoms with Crippen molar-refractivity contribution in [3.05, 3.63) is 68.1 Å². The van der Waals surface area contributed by atoms with E-state index in [4.69, 9.17) is 28.3 Å². The predicted octanol–water partition coefficient (Wildman–Crippen LogP) is 4.93. The van der Waals surface area contributed by atoms with Gasteiger partial charge < -0.3 is 9.84 Å². The highest BCUT2D eigenvalue weighted by Gasteiger charge is 2.13. The second-order valence-electron chi connectivity index (χ2n) is 3.87. The Morgan fingerprint density at radius 3 is 2.09 bits per heavy atom. The maximum atomic E-state index is 11.1. The fourth-order valence-electron chi connectivity index (χ4n) is 1.43. The average molecular weight is 406 g/mol. The van der Waals surface area contributed by atoms with Crippen LogP contribution in [0.15, 0.2) is 46.9 Å². The molecular weight excluding hydrogens is 395 g/mol. The molecule has 2 aromatic rings. The Labute approximate surface area is 145 Å². The Morgan fingerprint density at radius 2 is 1.64 bits per heavy atom. The van der Waals surface area contributed by atoms with E-state index in [1.54, 1.807) is 36.4 Å². The molecule has 0 amide bonds. The minimum Gasteiger partial charge on any atom is -0.478 e. The molecule has 4 nitrogen and oxygen atoms in total. The van der Waals surface area contributed by atoms with Crippen LogP contribution >= 0.6 is 39.1 Å². The SMILES string of the molecule is COC(=O)c1c(Cl)cccc1Br.O=C(O)c1ccccc1Cl. The maximum absolute atomic E-state index is 11.1. The minimum atomic E-state index is -0.995. The number of hydrogen-bond acceptors (Lipinski definition) is 3. The molecule has 0 heterocycles. The molecule has 7 heteroatoms. The number of carbonyl (C=O) groups is 2. The summed E-state index contributed by atoms with van der Waals surface area (Å²) in [5, 5.41) is 9.14. The molecule has 0 aromatic heterocycles. The maximum Gasteiger partial charge on any atom is 0.340 e. The zero-order chi connectivity index (χ0) is 16.7. The molecule has 22 heavy (non-hydrogen) atoms. The fourth-order valence-corrected chi connectivity index (χ4v) is 2.54. The van der Waals surface area contributed by atoms with E-state index >= 15 is 0 Å². The van der Waals surface area contributed by atoms with Gasteiger partial charge in [0.1, 0.15) is 0 Å². The number of ether oxygens (including phenoxy) is 1. The van der Waals surface area contributed by atoms with E-state index < -0.39 is 11.9 Å². The van der Waals surface area contributed by atoms with Gasteiger partial charge in [-0.05, 0) is 40.2 Å². The number of methoxy groups -OCH3 is 1. The summed E-state index contributed by atoms with van der Waals surface area (Å²) in [6.45, 7) is 0. The van der Waals surface area contributed by atoms with Gasteiger partial charge in [-0.1, -0.05) is 41.4 Å². The van der Waals surface area contributed by atoms with E-state index in [9.17, 15) is 9.59 Å². The first-order valence-corrected chi connectivity index (χ1v) is 7.43. The third-order valence-electron chi connectivity index (χ3n) is 2.46. The zero-order valence-electron chi connectivity index (χ0n) is 11.3. The summed E-state index contributed by atoms with van der Waals surface area (Å²) < 4.78 is 5.19. The van der Waals surface area contributed by atoms with Crippen LogP contribution in [0.25, 0.3) is 0 Å². The fraction of sp³-hybridized carbons (Fsp3) is 0.0667. The van der Waals surface area contributed by atoms with Crippen LogP contribution in [0.1, 0.15) is 20.7 Å². The van der Waals surface area contributed by atoms with E-state index in [1.807, 2.05) is 0 Å². The summed E-state index contributed by atoms with van der Waals surface area (Å²) in [4.78, 5) is 21.5. The number of benzene rings is 2. The van der Waals surface area contributed by atoms with Gasteiger partial charge in [0.2, 0.25) is 0 Å². The average Bonchev–Trinajstić information content (AvgIpc) is 2.47. The topological polar surface area (TPSA) is 63.6 Å². The highest BCUT2D eigenvalue weighted by molar-refractivity contribution is 9.10. The van der Waals surface area contributed by atoms with Crippen LogP contribution in [0.4, 0.5) is 0 Å². The molecule has 0 aliphatic heterocycles. The lowest BCUT2D eigenvalue weighted by molar-refractivity contribution is 0.0599. The van der Waals surface area contributed by atoms with Crippen LogP contribution < -0.4 is 0 Å². The van der Waals surface area contributed by atoms with Crippen LogP contribution in [0.5, 0.6) is 0 Å². The first-order valence-electron chi connectivity index (χ1n) is 5.88. The normalized spacial score (nSPS) is 9.45. The monoisotopic (exact) mass is 404 g/mol. The molecule has 116 valence electrons. The molecule has 1 N–H and O–H groups in total. The summed E-state index contributed by atoms with van der Waals surface area (Å²) in [5.41, 5.74) is 0.505. The van der Waals surface area contributed by atoms with Gasteiger partial charge in [-0.3, -0.25) is 0 Å². The Hall–Kier alpha value is -1.56. The summed E-state index contributed by atoms with van der Waals surface area (Å²) in [6.07, 6.45) is 0. The van der Waals surface area contributed by atoms with Crippen LogP contribution in [-0.2, 0) is 4.74 Å². The largest absolute Gasteiger partial charge is 0.478 e. The molecule has 0 saturated heterocycles. The molecule has 2 aromatic carbocycles. The lowest BCUT2D eigenvalue weighted by Crippen LogP contribution is -2.02. The molecule has 0 aliphatic rings. The Bertz CT molecular complexity index is 669. The van der Waals surface area contributed by atoms with Crippen LogP contribution in [0.2, 0.25) is 10.0 Å². The molecule has 0 spiro atoms. The lowest BCUT2D eigenvalue weighted by atomic mass is 10.2. The van der Waals surface area contributed by atoms with Crippen molar-refractivity contribution < 1.29 is 19.4 Å². The van der Waals surface area contributed by atoms with Crippen molar-refractivity contribution in [2.75, 3.05) is 7.11 Å². The molecule has 0 saturated carbocycles. The van der Waals surface area contributed by atoms with Crippen molar-refractivity contribution in [2.24, 2.45) is 0 Å². The predicted molar refractivity (Wildman–Crippen MR) is 88.9 cm³/mol. The van der Waals surface area contributed by atoms with Gasteiger partial charge >= 0.3 is 11.9 Å². The second kappa shape index (κ2) is 8.78. The summed E-state index contributed by atoms with van der Waals surface area (Å²) in [5.74, 6) is -1.43. The van der Waals surface area contributed by atoms with Crippen molar-refractivity contribution in [3.63, 3.8) is 0 Å². The van der Waals surface area contributed by atoms with Crippen molar-refractivity contribution in [1.29, 1.82) is 0 Å². The molecular formula is C15H11BrCl2O4. The zero-order valence-corrected chi connectivity index (χ0v) is 14.4. The number of carboxylic acids is 1. The first-order chi connectivity index (χ1) is 10.4. The quantitative estimate of drug-likeness (QED) is 0.719. The number of aromatic carboxylic acids is 1. The standard InChI is InChI=1S/C8H6BrClO2.C7H5ClO2/c1-12-8(11)7-5(9)3-2-4-6(7)10;8-6-4-2-1-3-5(6)7(9)10/h2-4H,1H3;1-4H,(H,9,10). The number of rotatable bonds is 2. The third-order valence-corrected chi connectivity index (χ3v) is 3.76. The van der Waals surface area contributed by atoms with Gasteiger partial charge in [-0.15, -0.1) is 0 Å². The minimum absolute atomic E-state index is 0.143. The molecule has 0 bridgehead atoms. The second-order valence-corrected chi connectivity index (χ2v) is 5.54. The van der Waals surface area contributed by atoms with Crippen molar-refractivity contribution in [1.82, 2.24) is 0 Å². The van der Waals surface area contributed by atoms with E-state index in [0.717, 1.165) is 0 Å². The molecule has 0 unspecified atom stereocenters. The van der Waals surface area contributed by atoms with Gasteiger partial charge in [0.05, 0.1) is 28.3 Å². The van der Waals surface area contributed by atoms with Crippen molar-refractivity contribution in [2.45, 2.75) is 0 Å². The van der Waals surface area contributed by atoms with Crippen LogP contribution in [0.3, 0.4) is 0 Å². The summed E-state index contributed by atoms with van der Waals surface area (Å²) >= 11 is 14.5. The van der Waals surface area contributed by atoms with Crippen molar-refractivity contribution in [3.8, 4) is 0 Å². The van der Waals surface area contributed by atoms with Gasteiger partial charge in [-0.25, -0.2) is 9.59 Å². The third kappa shape index (κ3) is 5.02. The number of carbonyl (C=O) groups excluding carboxylic acids is 1. The molecule has 0 fully saturated rings. The smallest absolute Gasteiger partial charge is 0.340 e. The van der Waals surface area contributed by atoms with Gasteiger partial charge in [0, 0.05) is 4.47 Å². The first kappa shape index (κ1) is 18.5. The number of hydrogen-bond donors (Lipinski definition) is 1. The van der Waals surface area contributed by atoms with E-state index in [2.05, 4.69) is 20.7 Å². The van der Waals surface area contributed by atoms with Gasteiger partial charge in [0.25, 0.3) is 0 Å². The van der Waals surface area contributed by atoms with Crippen LogP contribution in [-0.4, -0.2) is 24.2 Å². The number of carboxylic acid groups (broad SMARTS) is 1. The highest BCUT2D eigenvalue weighted by Crippen LogP contribution is 2.24. The lowest BCUT2D eigenvalue weighted by Gasteiger charge is -2.03. The molecule has 0 radical (unpaired) electrons. The van der Waals surface area contributed by atoms with Crippen molar-refractivity contribution >= 4 is 51.1 Å². The number of halogens is 3. The molecule has 2 rings (SSSR count). The Morgan fingerprint density at radius 1 is 1.05 bits per heavy atom. The van der Waals surface area contributed by atoms with Gasteiger partial charge in [-0.2, -0.15) is 0 Å². The van der Waals surface area contributed by atoms with E-state index in [1.165, 1.54) is 13.2 Å². The molecule has 0 atom stereocenters.